The van der Waals surface area contributed by atoms with Gasteiger partial charge in [0.1, 0.15) is 0 Å². The molecule has 2 atom stereocenters. The van der Waals surface area contributed by atoms with Crippen molar-refractivity contribution in [3.8, 4) is 0 Å². The van der Waals surface area contributed by atoms with Gasteiger partial charge in [-0.05, 0) is 37.2 Å². The largest absolute Gasteiger partial charge is 0.356 e. The van der Waals surface area contributed by atoms with Gasteiger partial charge in [0.05, 0.1) is 5.92 Å². The third-order valence-electron chi connectivity index (χ3n) is 4.80. The normalized spacial score (nSPS) is 18.9. The van der Waals surface area contributed by atoms with Gasteiger partial charge >= 0.3 is 0 Å². The smallest absolute Gasteiger partial charge is 0.230 e. The maximum atomic E-state index is 13.0. The van der Waals surface area contributed by atoms with Crippen molar-refractivity contribution in [3.05, 3.63) is 35.9 Å². The van der Waals surface area contributed by atoms with E-state index < -0.39 is 0 Å². The molecule has 1 aliphatic rings. The van der Waals surface area contributed by atoms with Crippen molar-refractivity contribution >= 4 is 11.8 Å². The van der Waals surface area contributed by atoms with Crippen LogP contribution in [0.3, 0.4) is 0 Å². The molecule has 0 saturated carbocycles. The van der Waals surface area contributed by atoms with Gasteiger partial charge in [-0.25, -0.2) is 0 Å². The third kappa shape index (κ3) is 5.08. The van der Waals surface area contributed by atoms with Crippen LogP contribution < -0.4 is 5.32 Å². The van der Waals surface area contributed by atoms with E-state index in [1.54, 1.807) is 0 Å². The maximum Gasteiger partial charge on any atom is 0.230 e. The quantitative estimate of drug-likeness (QED) is 0.833. The fourth-order valence-electron chi connectivity index (χ4n) is 3.46. The van der Waals surface area contributed by atoms with E-state index in [9.17, 15) is 9.59 Å². The van der Waals surface area contributed by atoms with Gasteiger partial charge in [-0.2, -0.15) is 0 Å². The van der Waals surface area contributed by atoms with Crippen molar-refractivity contribution in [3.63, 3.8) is 0 Å². The van der Waals surface area contributed by atoms with Gasteiger partial charge in [-0.1, -0.05) is 44.2 Å². The lowest BCUT2D eigenvalue weighted by molar-refractivity contribution is -0.134. The molecule has 24 heavy (non-hydrogen) atoms. The number of amides is 2. The minimum atomic E-state index is -0.0559. The summed E-state index contributed by atoms with van der Waals surface area (Å²) >= 11 is 0. The highest BCUT2D eigenvalue weighted by Crippen LogP contribution is 2.25. The van der Waals surface area contributed by atoms with E-state index >= 15 is 0 Å². The van der Waals surface area contributed by atoms with Crippen LogP contribution in [0.15, 0.2) is 30.3 Å². The zero-order valence-electron chi connectivity index (χ0n) is 15.0. The summed E-state index contributed by atoms with van der Waals surface area (Å²) in [5.74, 6) is 0.668. The van der Waals surface area contributed by atoms with Crippen LogP contribution in [0.4, 0.5) is 0 Å². The first-order chi connectivity index (χ1) is 11.7. The lowest BCUT2D eigenvalue weighted by atomic mass is 9.92. The zero-order chi connectivity index (χ0) is 17.4. The molecule has 0 unspecified atom stereocenters. The predicted octanol–water partition coefficient (Wildman–Crippen LogP) is 3.34. The van der Waals surface area contributed by atoms with Gasteiger partial charge < -0.3 is 10.2 Å². The van der Waals surface area contributed by atoms with E-state index in [0.29, 0.717) is 18.9 Å². The van der Waals surface area contributed by atoms with E-state index in [1.807, 2.05) is 42.2 Å². The second-order valence-electron chi connectivity index (χ2n) is 6.72. The number of hydrogen-bond donors (Lipinski definition) is 1. The Balaban J connectivity index is 1.93. The second-order valence-corrected chi connectivity index (χ2v) is 6.72. The highest BCUT2D eigenvalue weighted by atomic mass is 16.2. The first-order valence-corrected chi connectivity index (χ1v) is 9.26. The van der Waals surface area contributed by atoms with Crippen LogP contribution in [0.5, 0.6) is 0 Å². The van der Waals surface area contributed by atoms with Crippen LogP contribution in [0, 0.1) is 5.92 Å². The summed E-state index contributed by atoms with van der Waals surface area (Å²) in [5, 5.41) is 3.01. The van der Waals surface area contributed by atoms with E-state index in [1.165, 1.54) is 0 Å². The highest BCUT2D eigenvalue weighted by molar-refractivity contribution is 5.83. The molecule has 0 aromatic heterocycles. The SMILES string of the molecule is CCCC(=O)NC[C@@H]1CCCN(C(=O)[C@H](CC)c2ccccc2)C1. The molecule has 1 aromatic carbocycles. The summed E-state index contributed by atoms with van der Waals surface area (Å²) in [6.45, 7) is 6.36. The summed E-state index contributed by atoms with van der Waals surface area (Å²) in [6.07, 6.45) is 4.37. The number of piperidine rings is 1. The Morgan fingerprint density at radius 3 is 2.67 bits per heavy atom. The number of rotatable bonds is 7. The number of nitrogens with one attached hydrogen (secondary N) is 1. The molecule has 1 N–H and O–H groups in total. The zero-order valence-corrected chi connectivity index (χ0v) is 15.0. The minimum absolute atomic E-state index is 0.0559. The molecule has 2 rings (SSSR count). The lowest BCUT2D eigenvalue weighted by Gasteiger charge is -2.35. The van der Waals surface area contributed by atoms with Gasteiger partial charge in [0.2, 0.25) is 11.8 Å². The van der Waals surface area contributed by atoms with Gasteiger partial charge in [0, 0.05) is 26.1 Å². The molecule has 0 aliphatic carbocycles. The van der Waals surface area contributed by atoms with Crippen molar-refractivity contribution in [2.24, 2.45) is 5.92 Å². The average molecular weight is 330 g/mol. The fourth-order valence-corrected chi connectivity index (χ4v) is 3.46. The monoisotopic (exact) mass is 330 g/mol. The van der Waals surface area contributed by atoms with E-state index in [0.717, 1.165) is 44.3 Å². The fraction of sp³-hybridized carbons (Fsp3) is 0.600. The molecular weight excluding hydrogens is 300 g/mol. The number of carbonyl (C=O) groups is 2. The first-order valence-electron chi connectivity index (χ1n) is 9.26. The Hall–Kier alpha value is -1.84. The number of likely N-dealkylation sites (tertiary alicyclic amines) is 1. The highest BCUT2D eigenvalue weighted by Gasteiger charge is 2.28. The third-order valence-corrected chi connectivity index (χ3v) is 4.80. The topological polar surface area (TPSA) is 49.4 Å². The lowest BCUT2D eigenvalue weighted by Crippen LogP contribution is -2.45. The van der Waals surface area contributed by atoms with Crippen molar-refractivity contribution in [2.45, 2.75) is 51.9 Å². The number of hydrogen-bond acceptors (Lipinski definition) is 2. The van der Waals surface area contributed by atoms with Crippen molar-refractivity contribution in [2.75, 3.05) is 19.6 Å². The Morgan fingerprint density at radius 2 is 2.00 bits per heavy atom. The molecule has 1 heterocycles. The first kappa shape index (κ1) is 18.5. The molecule has 2 amide bonds. The molecule has 0 spiro atoms. The second kappa shape index (κ2) is 9.45. The average Bonchev–Trinajstić information content (AvgIpc) is 2.62. The van der Waals surface area contributed by atoms with Gasteiger partial charge in [0.25, 0.3) is 0 Å². The van der Waals surface area contributed by atoms with Crippen molar-refractivity contribution in [1.82, 2.24) is 10.2 Å². The van der Waals surface area contributed by atoms with Gasteiger partial charge in [-0.15, -0.1) is 0 Å². The van der Waals surface area contributed by atoms with Crippen LogP contribution in [0.2, 0.25) is 0 Å². The molecule has 132 valence electrons. The summed E-state index contributed by atoms with van der Waals surface area (Å²) < 4.78 is 0. The molecule has 1 saturated heterocycles. The van der Waals surface area contributed by atoms with Crippen LogP contribution in [-0.4, -0.2) is 36.3 Å². The standard InChI is InChI=1S/C20H30N2O2/c1-3-9-19(23)21-14-16-10-8-13-22(15-16)20(24)18(4-2)17-11-6-5-7-12-17/h5-7,11-12,16,18H,3-4,8-10,13-15H2,1-2H3,(H,21,23)/t16-,18+/m0/s1. The van der Waals surface area contributed by atoms with E-state index in [4.69, 9.17) is 0 Å². The Labute approximate surface area is 145 Å². The molecule has 1 aliphatic heterocycles. The molecular formula is C20H30N2O2. The summed E-state index contributed by atoms with van der Waals surface area (Å²) in [5.41, 5.74) is 1.10. The van der Waals surface area contributed by atoms with E-state index in [-0.39, 0.29) is 17.7 Å². The summed E-state index contributed by atoms with van der Waals surface area (Å²) in [4.78, 5) is 26.6. The predicted molar refractivity (Wildman–Crippen MR) is 96.7 cm³/mol. The molecule has 0 radical (unpaired) electrons. The van der Waals surface area contributed by atoms with Crippen molar-refractivity contribution < 1.29 is 9.59 Å². The molecule has 4 nitrogen and oxygen atoms in total. The Kier molecular flexibility index (Phi) is 7.29. The van der Waals surface area contributed by atoms with Crippen LogP contribution in [0.25, 0.3) is 0 Å². The Morgan fingerprint density at radius 1 is 1.25 bits per heavy atom. The van der Waals surface area contributed by atoms with Gasteiger partial charge in [0.15, 0.2) is 0 Å². The van der Waals surface area contributed by atoms with Crippen molar-refractivity contribution in [1.29, 1.82) is 0 Å². The number of benzene rings is 1. The number of nitrogens with zero attached hydrogens (tertiary/aromatic N) is 1. The van der Waals surface area contributed by atoms with Crippen LogP contribution in [-0.2, 0) is 9.59 Å². The minimum Gasteiger partial charge on any atom is -0.356 e. The molecule has 1 fully saturated rings. The summed E-state index contributed by atoms with van der Waals surface area (Å²) in [7, 11) is 0. The van der Waals surface area contributed by atoms with Gasteiger partial charge in [-0.3, -0.25) is 9.59 Å². The molecule has 1 aromatic rings. The summed E-state index contributed by atoms with van der Waals surface area (Å²) in [6, 6.07) is 10.1. The molecule has 0 bridgehead atoms. The maximum absolute atomic E-state index is 13.0. The Bertz CT molecular complexity index is 530. The van der Waals surface area contributed by atoms with Crippen LogP contribution >= 0.6 is 0 Å². The molecule has 4 heteroatoms. The van der Waals surface area contributed by atoms with Crippen LogP contribution in [0.1, 0.15) is 57.4 Å². The number of carbonyl (C=O) groups excluding carboxylic acids is 2. The van der Waals surface area contributed by atoms with E-state index in [2.05, 4.69) is 12.2 Å².